The molecule has 0 fully saturated rings. The third kappa shape index (κ3) is 2.44. The van der Waals surface area contributed by atoms with Gasteiger partial charge in [0, 0.05) is 10.6 Å². The van der Waals surface area contributed by atoms with E-state index in [-0.39, 0.29) is 5.43 Å². The van der Waals surface area contributed by atoms with Crippen LogP contribution in [0.1, 0.15) is 12.6 Å². The summed E-state index contributed by atoms with van der Waals surface area (Å²) in [7, 11) is -1.98. The van der Waals surface area contributed by atoms with E-state index in [9.17, 15) is 9.59 Å². The second kappa shape index (κ2) is 5.00. The van der Waals surface area contributed by atoms with Crippen molar-refractivity contribution in [1.29, 1.82) is 0 Å². The maximum absolute atomic E-state index is 12.9. The lowest BCUT2D eigenvalue weighted by molar-refractivity contribution is 0.251. The zero-order chi connectivity index (χ0) is 15.9. The van der Waals surface area contributed by atoms with Crippen LogP contribution in [-0.4, -0.2) is 18.7 Å². The maximum Gasteiger partial charge on any atom is 0.323 e. The molecular formula is C16H20N2O2Si. The van der Waals surface area contributed by atoms with Crippen molar-refractivity contribution in [2.45, 2.75) is 26.6 Å². The Morgan fingerprint density at radius 1 is 1.24 bits per heavy atom. The Morgan fingerprint density at radius 2 is 1.81 bits per heavy atom. The Kier molecular flexibility index (Phi) is 3.63. The van der Waals surface area contributed by atoms with Gasteiger partial charge in [-0.3, -0.25) is 9.36 Å². The van der Waals surface area contributed by atoms with Crippen LogP contribution in [0.15, 0.2) is 35.6 Å². The zero-order valence-corrected chi connectivity index (χ0v) is 13.9. The van der Waals surface area contributed by atoms with E-state index in [1.807, 2.05) is 0 Å². The zero-order valence-electron chi connectivity index (χ0n) is 12.9. The van der Waals surface area contributed by atoms with Crippen molar-refractivity contribution in [2.75, 3.05) is 0 Å². The van der Waals surface area contributed by atoms with Gasteiger partial charge < -0.3 is 5.73 Å². The smallest absolute Gasteiger partial charge is 0.323 e. The number of primary amides is 1. The summed E-state index contributed by atoms with van der Waals surface area (Å²) in [5, 5.41) is 1.23. The molecule has 110 valence electrons. The molecule has 0 spiro atoms. The number of fused-ring (bicyclic) bond motifs is 1. The van der Waals surface area contributed by atoms with Gasteiger partial charge in [-0.15, -0.1) is 0 Å². The summed E-state index contributed by atoms with van der Waals surface area (Å²) < 4.78 is 1.42. The van der Waals surface area contributed by atoms with Crippen molar-refractivity contribution < 1.29 is 4.79 Å². The largest absolute Gasteiger partial charge is 0.351 e. The Morgan fingerprint density at radius 3 is 2.29 bits per heavy atom. The molecule has 0 radical (unpaired) electrons. The third-order valence-corrected chi connectivity index (χ3v) is 5.42. The number of benzene rings is 1. The number of aromatic nitrogens is 1. The highest BCUT2D eigenvalue weighted by Crippen LogP contribution is 2.19. The van der Waals surface area contributed by atoms with Gasteiger partial charge in [-0.2, -0.15) is 0 Å². The monoisotopic (exact) mass is 300 g/mol. The van der Waals surface area contributed by atoms with E-state index >= 15 is 0 Å². The molecule has 0 saturated heterocycles. The number of pyridine rings is 1. The molecule has 0 atom stereocenters. The Balaban J connectivity index is 3.20. The summed E-state index contributed by atoms with van der Waals surface area (Å²) in [4.78, 5) is 24.9. The average Bonchev–Trinajstić information content (AvgIpc) is 2.36. The lowest BCUT2D eigenvalue weighted by Gasteiger charge is -2.24. The van der Waals surface area contributed by atoms with E-state index < -0.39 is 14.1 Å². The predicted octanol–water partition coefficient (Wildman–Crippen LogP) is 2.51. The summed E-state index contributed by atoms with van der Waals surface area (Å²) in [6.07, 6.45) is 0. The van der Waals surface area contributed by atoms with Gasteiger partial charge in [0.05, 0.1) is 19.3 Å². The van der Waals surface area contributed by atoms with Gasteiger partial charge in [0.1, 0.15) is 0 Å². The minimum absolute atomic E-state index is 0.0136. The Bertz CT molecular complexity index is 813. The summed E-state index contributed by atoms with van der Waals surface area (Å²) in [6, 6.07) is 6.47. The number of allylic oxidation sites excluding steroid dienone is 1. The number of nitrogens with two attached hydrogens (primary N) is 1. The molecule has 1 heterocycles. The van der Waals surface area contributed by atoms with E-state index in [1.54, 1.807) is 31.2 Å². The van der Waals surface area contributed by atoms with Crippen LogP contribution in [-0.2, 0) is 0 Å². The van der Waals surface area contributed by atoms with Crippen LogP contribution in [0.3, 0.4) is 0 Å². The van der Waals surface area contributed by atoms with Gasteiger partial charge in [0.2, 0.25) is 0 Å². The predicted molar refractivity (Wildman–Crippen MR) is 90.9 cm³/mol. The van der Waals surface area contributed by atoms with E-state index in [2.05, 4.69) is 26.2 Å². The van der Waals surface area contributed by atoms with Crippen LogP contribution in [0.25, 0.3) is 16.5 Å². The summed E-state index contributed by atoms with van der Waals surface area (Å²) in [6.45, 7) is 12.0. The number of hydrogen-bond acceptors (Lipinski definition) is 2. The highest BCUT2D eigenvalue weighted by molar-refractivity contribution is 6.89. The highest BCUT2D eigenvalue weighted by atomic mass is 28.3. The first-order valence-corrected chi connectivity index (χ1v) is 10.3. The molecule has 0 unspecified atom stereocenters. The van der Waals surface area contributed by atoms with E-state index in [1.165, 1.54) is 4.57 Å². The molecule has 0 bridgehead atoms. The number of rotatable bonds is 2. The molecule has 21 heavy (non-hydrogen) atoms. The summed E-state index contributed by atoms with van der Waals surface area (Å²) >= 11 is 0. The number of hydrogen-bond donors (Lipinski definition) is 1. The second-order valence-electron chi connectivity index (χ2n) is 6.27. The number of amides is 1. The maximum atomic E-state index is 12.9. The van der Waals surface area contributed by atoms with Crippen LogP contribution in [0.4, 0.5) is 4.79 Å². The second-order valence-corrected chi connectivity index (χ2v) is 11.3. The number of carbonyl (C=O) groups excluding carboxylic acids is 1. The SMILES string of the molecule is C=C(C)c1c([Si](C)(C)C)c(=O)c2ccccc2n1C(N)=O. The van der Waals surface area contributed by atoms with Crippen LogP contribution in [0, 0.1) is 0 Å². The van der Waals surface area contributed by atoms with Crippen LogP contribution >= 0.6 is 0 Å². The van der Waals surface area contributed by atoms with E-state index in [0.29, 0.717) is 27.4 Å². The van der Waals surface area contributed by atoms with Crippen LogP contribution in [0.5, 0.6) is 0 Å². The van der Waals surface area contributed by atoms with Crippen molar-refractivity contribution in [2.24, 2.45) is 5.73 Å². The van der Waals surface area contributed by atoms with E-state index in [4.69, 9.17) is 5.73 Å². The Labute approximate surface area is 124 Å². The number of nitrogens with zero attached hydrogens (tertiary/aromatic N) is 1. The first-order chi connectivity index (χ1) is 9.66. The lowest BCUT2D eigenvalue weighted by Crippen LogP contribution is -2.51. The fourth-order valence-corrected chi connectivity index (χ4v) is 4.52. The molecule has 0 aliphatic rings. The fourth-order valence-electron chi connectivity index (χ4n) is 2.66. The van der Waals surface area contributed by atoms with Crippen LogP contribution in [0.2, 0.25) is 19.6 Å². The standard InChI is InChI=1S/C16H20N2O2Si/c1-10(2)13-15(21(3,4)5)14(19)11-8-6-7-9-12(11)18(13)16(17)20/h6-9H,1H2,2-5H3,(H2,17,20). The molecular weight excluding hydrogens is 280 g/mol. The average molecular weight is 300 g/mol. The van der Waals surface area contributed by atoms with Crippen molar-refractivity contribution in [1.82, 2.24) is 4.57 Å². The van der Waals surface area contributed by atoms with Gasteiger partial charge in [0.25, 0.3) is 0 Å². The quantitative estimate of drug-likeness (QED) is 0.866. The van der Waals surface area contributed by atoms with Crippen LogP contribution < -0.4 is 16.3 Å². The van der Waals surface area contributed by atoms with Gasteiger partial charge >= 0.3 is 6.03 Å². The molecule has 1 amide bonds. The highest BCUT2D eigenvalue weighted by Gasteiger charge is 2.29. The topological polar surface area (TPSA) is 65.1 Å². The molecule has 0 aliphatic heterocycles. The minimum Gasteiger partial charge on any atom is -0.351 e. The summed E-state index contributed by atoms with van der Waals surface area (Å²) in [5.74, 6) is 0. The van der Waals surface area contributed by atoms with Gasteiger partial charge in [-0.25, -0.2) is 4.79 Å². The van der Waals surface area contributed by atoms with Gasteiger partial charge in [-0.05, 0) is 24.6 Å². The molecule has 0 saturated carbocycles. The minimum atomic E-state index is -1.98. The van der Waals surface area contributed by atoms with Crippen molar-refractivity contribution >= 4 is 35.8 Å². The van der Waals surface area contributed by atoms with Gasteiger partial charge in [0.15, 0.2) is 5.43 Å². The molecule has 2 N–H and O–H groups in total. The molecule has 4 nitrogen and oxygen atoms in total. The molecule has 5 heteroatoms. The Hall–Kier alpha value is -2.14. The third-order valence-electron chi connectivity index (χ3n) is 3.45. The van der Waals surface area contributed by atoms with Crippen molar-refractivity contribution in [3.63, 3.8) is 0 Å². The van der Waals surface area contributed by atoms with Crippen molar-refractivity contribution in [3.05, 3.63) is 46.8 Å². The number of carbonyl (C=O) groups is 1. The summed E-state index contributed by atoms with van der Waals surface area (Å²) in [5.41, 5.74) is 7.35. The molecule has 1 aromatic heterocycles. The molecule has 2 aromatic rings. The normalized spacial score (nSPS) is 11.6. The van der Waals surface area contributed by atoms with E-state index in [0.717, 1.165) is 0 Å². The first-order valence-electron chi connectivity index (χ1n) is 6.80. The first kappa shape index (κ1) is 15.2. The van der Waals surface area contributed by atoms with Gasteiger partial charge in [-0.1, -0.05) is 38.4 Å². The molecule has 1 aromatic carbocycles. The molecule has 2 rings (SSSR count). The molecule has 0 aliphatic carbocycles. The number of para-hydroxylation sites is 1. The van der Waals surface area contributed by atoms with Crippen molar-refractivity contribution in [3.8, 4) is 0 Å². The lowest BCUT2D eigenvalue weighted by atomic mass is 10.1. The fraction of sp³-hybridized carbons (Fsp3) is 0.250.